The number of halogens is 1. The third-order valence-corrected chi connectivity index (χ3v) is 5.89. The Morgan fingerprint density at radius 1 is 1.08 bits per heavy atom. The molecule has 38 heavy (non-hydrogen) atoms. The maximum absolute atomic E-state index is 13.2. The predicted octanol–water partition coefficient (Wildman–Crippen LogP) is 3.03. The number of nitrogens with two attached hydrogens (primary N) is 1. The number of ether oxygens (including phenoxy) is 3. The van der Waals surface area contributed by atoms with Crippen LogP contribution in [-0.2, 0) is 21.6 Å². The number of amidine groups is 1. The number of Topliss-reactive ketones (excluding diaryl/α,β-unsaturated/α-hetero) is 1. The van der Waals surface area contributed by atoms with E-state index in [2.05, 4.69) is 5.32 Å². The fraction of sp³-hybridized carbons (Fsp3) is 0.407. The SMILES string of the molecule is CCOC(=O)COc1ccc(C(=O)CN2Cc3cc(OCC)c(C(=O)NC)cc3C2=N)cc1C(C)(C)N.Cl. The molecule has 3 rings (SSSR count). The monoisotopic (exact) mass is 546 g/mol. The topological polar surface area (TPSA) is 144 Å². The highest BCUT2D eigenvalue weighted by molar-refractivity contribution is 6.07. The number of rotatable bonds is 11. The van der Waals surface area contributed by atoms with E-state index >= 15 is 0 Å². The highest BCUT2D eigenvalue weighted by atomic mass is 35.5. The van der Waals surface area contributed by atoms with Crippen molar-refractivity contribution < 1.29 is 28.6 Å². The van der Waals surface area contributed by atoms with Gasteiger partial charge < -0.3 is 30.2 Å². The van der Waals surface area contributed by atoms with Crippen LogP contribution in [0.3, 0.4) is 0 Å². The van der Waals surface area contributed by atoms with Crippen molar-refractivity contribution in [3.8, 4) is 11.5 Å². The Balaban J connectivity index is 0.00000507. The molecule has 4 N–H and O–H groups in total. The second-order valence-electron chi connectivity index (χ2n) is 9.17. The summed E-state index contributed by atoms with van der Waals surface area (Å²) in [6, 6.07) is 8.28. The summed E-state index contributed by atoms with van der Waals surface area (Å²) in [5.41, 5.74) is 8.19. The molecule has 0 aromatic heterocycles. The van der Waals surface area contributed by atoms with Crippen LogP contribution >= 0.6 is 12.4 Å². The van der Waals surface area contributed by atoms with Crippen molar-refractivity contribution in [2.45, 2.75) is 39.8 Å². The van der Waals surface area contributed by atoms with E-state index < -0.39 is 11.5 Å². The Labute approximate surface area is 228 Å². The number of nitrogens with one attached hydrogen (secondary N) is 2. The third kappa shape index (κ3) is 6.81. The standard InChI is InChI=1S/C27H34N4O6.ClH/c1-6-35-23-11-17-13-31(25(28)18(17)12-19(23)26(34)30-5)14-21(32)16-8-9-22(20(10-16)27(3,4)29)37-15-24(33)36-7-2;/h8-12,28H,6-7,13-15,29H2,1-5H3,(H,30,34);1H. The Hall–Kier alpha value is -3.63. The molecule has 0 spiro atoms. The minimum atomic E-state index is -0.844. The number of ketones is 1. The molecule has 0 fully saturated rings. The lowest BCUT2D eigenvalue weighted by molar-refractivity contribution is -0.145. The zero-order valence-corrected chi connectivity index (χ0v) is 23.1. The average Bonchev–Trinajstić information content (AvgIpc) is 3.15. The van der Waals surface area contributed by atoms with E-state index in [1.807, 2.05) is 6.92 Å². The molecule has 0 aliphatic carbocycles. The lowest BCUT2D eigenvalue weighted by Crippen LogP contribution is -2.32. The lowest BCUT2D eigenvalue weighted by atomic mass is 9.92. The average molecular weight is 547 g/mol. The van der Waals surface area contributed by atoms with Crippen molar-refractivity contribution in [2.24, 2.45) is 5.73 Å². The maximum Gasteiger partial charge on any atom is 0.344 e. The lowest BCUT2D eigenvalue weighted by Gasteiger charge is -2.24. The second kappa shape index (κ2) is 12.7. The molecule has 0 bridgehead atoms. The number of fused-ring (bicyclic) bond motifs is 1. The molecular weight excluding hydrogens is 512 g/mol. The molecular formula is C27H35ClN4O6. The van der Waals surface area contributed by atoms with E-state index in [0.29, 0.717) is 46.9 Å². The summed E-state index contributed by atoms with van der Waals surface area (Å²) in [6.07, 6.45) is 0. The molecule has 10 nitrogen and oxygen atoms in total. The van der Waals surface area contributed by atoms with Gasteiger partial charge in [0.25, 0.3) is 5.91 Å². The van der Waals surface area contributed by atoms with Gasteiger partial charge in [-0.25, -0.2) is 4.79 Å². The fourth-order valence-electron chi connectivity index (χ4n) is 4.09. The van der Waals surface area contributed by atoms with Crippen LogP contribution in [0.25, 0.3) is 0 Å². The summed E-state index contributed by atoms with van der Waals surface area (Å²) in [6.45, 7) is 7.77. The van der Waals surface area contributed by atoms with Crippen molar-refractivity contribution >= 4 is 35.9 Å². The van der Waals surface area contributed by atoms with Gasteiger partial charge in [0.1, 0.15) is 17.3 Å². The largest absolute Gasteiger partial charge is 0.493 e. The van der Waals surface area contributed by atoms with Gasteiger partial charge in [0.15, 0.2) is 12.4 Å². The number of carbonyl (C=O) groups is 3. The van der Waals surface area contributed by atoms with E-state index in [9.17, 15) is 14.4 Å². The van der Waals surface area contributed by atoms with Crippen molar-refractivity contribution in [3.63, 3.8) is 0 Å². The van der Waals surface area contributed by atoms with Gasteiger partial charge in [0.2, 0.25) is 0 Å². The van der Waals surface area contributed by atoms with Gasteiger partial charge in [-0.05, 0) is 63.6 Å². The summed E-state index contributed by atoms with van der Waals surface area (Å²) in [5, 5.41) is 11.2. The first-order chi connectivity index (χ1) is 17.5. The highest BCUT2D eigenvalue weighted by Gasteiger charge is 2.30. The first-order valence-corrected chi connectivity index (χ1v) is 12.1. The predicted molar refractivity (Wildman–Crippen MR) is 146 cm³/mol. The fourth-order valence-corrected chi connectivity index (χ4v) is 4.09. The van der Waals surface area contributed by atoms with Crippen LogP contribution in [0.2, 0.25) is 0 Å². The van der Waals surface area contributed by atoms with Gasteiger partial charge in [0, 0.05) is 35.8 Å². The minimum Gasteiger partial charge on any atom is -0.493 e. The highest BCUT2D eigenvalue weighted by Crippen LogP contribution is 2.32. The van der Waals surface area contributed by atoms with Gasteiger partial charge >= 0.3 is 5.97 Å². The first kappa shape index (κ1) is 30.6. The van der Waals surface area contributed by atoms with E-state index in [1.165, 1.54) is 7.05 Å². The van der Waals surface area contributed by atoms with Crippen LogP contribution in [0.15, 0.2) is 30.3 Å². The molecule has 2 aromatic rings. The molecule has 0 saturated carbocycles. The van der Waals surface area contributed by atoms with Crippen molar-refractivity contribution in [2.75, 3.05) is 33.4 Å². The molecule has 1 amide bonds. The number of hydrogen-bond donors (Lipinski definition) is 3. The summed E-state index contributed by atoms with van der Waals surface area (Å²) in [7, 11) is 1.53. The second-order valence-corrected chi connectivity index (χ2v) is 9.17. The van der Waals surface area contributed by atoms with Crippen LogP contribution in [0.1, 0.15) is 65.1 Å². The number of amides is 1. The molecule has 11 heteroatoms. The minimum absolute atomic E-state index is 0. The van der Waals surface area contributed by atoms with E-state index in [1.54, 1.807) is 56.0 Å². The summed E-state index contributed by atoms with van der Waals surface area (Å²) < 4.78 is 16.2. The van der Waals surface area contributed by atoms with E-state index in [0.717, 1.165) is 5.56 Å². The van der Waals surface area contributed by atoms with Crippen molar-refractivity contribution in [1.82, 2.24) is 10.2 Å². The summed E-state index contributed by atoms with van der Waals surface area (Å²) in [5.74, 6) is -0.0290. The first-order valence-electron chi connectivity index (χ1n) is 12.1. The molecule has 1 aliphatic rings. The number of carbonyl (C=O) groups excluding carboxylic acids is 3. The van der Waals surface area contributed by atoms with Crippen LogP contribution < -0.4 is 20.5 Å². The van der Waals surface area contributed by atoms with Crippen molar-refractivity contribution in [1.29, 1.82) is 5.41 Å². The Bertz CT molecular complexity index is 1220. The van der Waals surface area contributed by atoms with Gasteiger partial charge in [-0.3, -0.25) is 15.0 Å². The van der Waals surface area contributed by atoms with E-state index in [-0.39, 0.29) is 49.7 Å². The summed E-state index contributed by atoms with van der Waals surface area (Å²) >= 11 is 0. The number of esters is 1. The molecule has 2 aromatic carbocycles. The van der Waals surface area contributed by atoms with Crippen LogP contribution in [0, 0.1) is 5.41 Å². The quantitative estimate of drug-likeness (QED) is 0.288. The van der Waals surface area contributed by atoms with Crippen LogP contribution in [0.5, 0.6) is 11.5 Å². The molecule has 0 radical (unpaired) electrons. The Morgan fingerprint density at radius 3 is 2.39 bits per heavy atom. The molecule has 0 unspecified atom stereocenters. The zero-order chi connectivity index (χ0) is 27.3. The Kier molecular flexibility index (Phi) is 10.3. The molecule has 0 saturated heterocycles. The third-order valence-electron chi connectivity index (χ3n) is 5.89. The number of nitrogens with zero attached hydrogens (tertiary/aromatic N) is 1. The van der Waals surface area contributed by atoms with Crippen molar-refractivity contribution in [3.05, 3.63) is 58.1 Å². The number of hydrogen-bond acceptors (Lipinski definition) is 8. The normalized spacial score (nSPS) is 12.4. The van der Waals surface area contributed by atoms with Gasteiger partial charge in [0.05, 0.1) is 25.3 Å². The zero-order valence-electron chi connectivity index (χ0n) is 22.3. The Morgan fingerprint density at radius 2 is 1.79 bits per heavy atom. The maximum atomic E-state index is 13.2. The van der Waals surface area contributed by atoms with Gasteiger partial charge in [-0.2, -0.15) is 0 Å². The van der Waals surface area contributed by atoms with Crippen LogP contribution in [0.4, 0.5) is 0 Å². The van der Waals surface area contributed by atoms with E-state index in [4.69, 9.17) is 25.4 Å². The molecule has 0 atom stereocenters. The smallest absolute Gasteiger partial charge is 0.344 e. The summed E-state index contributed by atoms with van der Waals surface area (Å²) in [4.78, 5) is 39.0. The molecule has 1 aliphatic heterocycles. The van der Waals surface area contributed by atoms with Gasteiger partial charge in [-0.15, -0.1) is 12.4 Å². The molecule has 206 valence electrons. The van der Waals surface area contributed by atoms with Crippen LogP contribution in [-0.4, -0.2) is 61.8 Å². The number of benzene rings is 2. The molecule has 1 heterocycles. The van der Waals surface area contributed by atoms with Gasteiger partial charge in [-0.1, -0.05) is 0 Å².